The maximum absolute atomic E-state index is 13.1. The molecule has 0 atom stereocenters. The van der Waals surface area contributed by atoms with E-state index >= 15 is 0 Å². The largest absolute Gasteiger partial charge is 0.328 e. The molecule has 0 bridgehead atoms. The van der Waals surface area contributed by atoms with Crippen molar-refractivity contribution in [3.05, 3.63) is 81.7 Å². The van der Waals surface area contributed by atoms with E-state index in [2.05, 4.69) is 4.72 Å². The Kier molecular flexibility index (Phi) is 6.11. The predicted molar refractivity (Wildman–Crippen MR) is 130 cm³/mol. The van der Waals surface area contributed by atoms with Gasteiger partial charge in [0.2, 0.25) is 0 Å². The molecule has 4 aromatic rings. The Morgan fingerprint density at radius 2 is 1.53 bits per heavy atom. The average Bonchev–Trinajstić information content (AvgIpc) is 2.99. The molecule has 0 aliphatic heterocycles. The number of aromatic nitrogens is 2. The van der Waals surface area contributed by atoms with Crippen LogP contribution in [0.25, 0.3) is 11.0 Å². The van der Waals surface area contributed by atoms with Gasteiger partial charge in [0.1, 0.15) is 0 Å². The van der Waals surface area contributed by atoms with Gasteiger partial charge in [-0.15, -0.1) is 0 Å². The van der Waals surface area contributed by atoms with E-state index in [0.717, 1.165) is 16.9 Å². The third-order valence-corrected chi connectivity index (χ3v) is 8.00. The average molecular weight is 488 g/mol. The number of hydrogen-bond donors (Lipinski definition) is 1. The van der Waals surface area contributed by atoms with E-state index in [4.69, 9.17) is 11.6 Å². The third-order valence-electron chi connectivity index (χ3n) is 5.30. The molecule has 1 heterocycles. The molecule has 6 nitrogen and oxygen atoms in total. The van der Waals surface area contributed by atoms with E-state index in [0.29, 0.717) is 26.6 Å². The Morgan fingerprint density at radius 3 is 2.12 bits per heavy atom. The Bertz CT molecular complexity index is 1460. The summed E-state index contributed by atoms with van der Waals surface area (Å²) >= 11 is 7.39. The highest BCUT2D eigenvalue weighted by Crippen LogP contribution is 2.37. The summed E-state index contributed by atoms with van der Waals surface area (Å²) in [6, 6.07) is 17.6. The highest BCUT2D eigenvalue weighted by Gasteiger charge is 2.19. The lowest BCUT2D eigenvalue weighted by Crippen LogP contribution is -2.19. The van der Waals surface area contributed by atoms with Crippen LogP contribution in [0.5, 0.6) is 0 Å². The van der Waals surface area contributed by atoms with Gasteiger partial charge < -0.3 is 0 Å². The Labute approximate surface area is 195 Å². The predicted octanol–water partition coefficient (Wildman–Crippen LogP) is 5.04. The van der Waals surface area contributed by atoms with Crippen molar-refractivity contribution in [3.8, 4) is 0 Å². The van der Waals surface area contributed by atoms with Crippen LogP contribution in [-0.2, 0) is 30.5 Å². The van der Waals surface area contributed by atoms with E-state index in [1.54, 1.807) is 49.0 Å². The molecule has 0 aliphatic rings. The molecule has 0 unspecified atom stereocenters. The number of aryl methyl sites for hydroxylation is 3. The van der Waals surface area contributed by atoms with Crippen LogP contribution in [0.2, 0.25) is 5.02 Å². The number of nitrogens with zero attached hydrogens (tertiary/aromatic N) is 2. The number of halogens is 1. The van der Waals surface area contributed by atoms with Crippen molar-refractivity contribution >= 4 is 50.1 Å². The number of nitrogens with one attached hydrogen (secondary N) is 1. The molecular weight excluding hydrogens is 466 g/mol. The first kappa shape index (κ1) is 22.5. The van der Waals surface area contributed by atoms with Crippen LogP contribution >= 0.6 is 23.4 Å². The van der Waals surface area contributed by atoms with Gasteiger partial charge in [-0.25, -0.2) is 13.2 Å². The second-order valence-electron chi connectivity index (χ2n) is 7.40. The molecule has 4 rings (SSSR count). The summed E-state index contributed by atoms with van der Waals surface area (Å²) in [5, 5.41) is 0.617. The molecule has 166 valence electrons. The second-order valence-corrected chi connectivity index (χ2v) is 10.6. The maximum Gasteiger partial charge on any atom is 0.328 e. The zero-order valence-corrected chi connectivity index (χ0v) is 20.2. The van der Waals surface area contributed by atoms with Gasteiger partial charge in [-0.3, -0.25) is 13.9 Å². The number of benzene rings is 3. The van der Waals surface area contributed by atoms with Crippen molar-refractivity contribution in [1.29, 1.82) is 0 Å². The minimum atomic E-state index is -3.82. The van der Waals surface area contributed by atoms with Crippen molar-refractivity contribution in [2.24, 2.45) is 14.1 Å². The molecule has 32 heavy (non-hydrogen) atoms. The van der Waals surface area contributed by atoms with Crippen LogP contribution < -0.4 is 10.4 Å². The van der Waals surface area contributed by atoms with Crippen LogP contribution in [-0.4, -0.2) is 17.6 Å². The molecular formula is C23H22ClN3O3S2. The molecule has 1 aromatic heterocycles. The lowest BCUT2D eigenvalue weighted by Gasteiger charge is -2.14. The van der Waals surface area contributed by atoms with E-state index in [-0.39, 0.29) is 10.6 Å². The molecule has 0 amide bonds. The number of fused-ring (bicyclic) bond motifs is 1. The topological polar surface area (TPSA) is 73.1 Å². The Morgan fingerprint density at radius 1 is 0.938 bits per heavy atom. The second kappa shape index (κ2) is 8.69. The third kappa shape index (κ3) is 4.30. The van der Waals surface area contributed by atoms with E-state index in [9.17, 15) is 13.2 Å². The summed E-state index contributed by atoms with van der Waals surface area (Å²) in [6.07, 6.45) is 0.828. The van der Waals surface area contributed by atoms with Crippen molar-refractivity contribution in [3.63, 3.8) is 0 Å². The fraction of sp³-hybridized carbons (Fsp3) is 0.174. The highest BCUT2D eigenvalue weighted by molar-refractivity contribution is 7.99. The van der Waals surface area contributed by atoms with Crippen molar-refractivity contribution in [1.82, 2.24) is 9.13 Å². The summed E-state index contributed by atoms with van der Waals surface area (Å²) in [5.74, 6) is 0. The normalized spacial score (nSPS) is 11.8. The Balaban J connectivity index is 1.82. The van der Waals surface area contributed by atoms with Crippen LogP contribution in [0.3, 0.4) is 0 Å². The van der Waals surface area contributed by atoms with Gasteiger partial charge >= 0.3 is 5.69 Å². The zero-order valence-electron chi connectivity index (χ0n) is 17.8. The number of anilines is 1. The quantitative estimate of drug-likeness (QED) is 0.413. The van der Waals surface area contributed by atoms with Crippen molar-refractivity contribution < 1.29 is 8.42 Å². The first-order valence-corrected chi connectivity index (χ1v) is 12.6. The van der Waals surface area contributed by atoms with Crippen LogP contribution in [0, 0.1) is 0 Å². The van der Waals surface area contributed by atoms with Gasteiger partial charge in [-0.2, -0.15) is 0 Å². The van der Waals surface area contributed by atoms with Gasteiger partial charge in [-0.05, 0) is 60.5 Å². The fourth-order valence-electron chi connectivity index (χ4n) is 3.43. The monoisotopic (exact) mass is 487 g/mol. The van der Waals surface area contributed by atoms with Gasteiger partial charge in [-0.1, -0.05) is 42.4 Å². The van der Waals surface area contributed by atoms with Crippen LogP contribution in [0.1, 0.15) is 12.5 Å². The van der Waals surface area contributed by atoms with Crippen LogP contribution in [0.15, 0.2) is 80.1 Å². The SMILES string of the molecule is CCc1ccc(S(=O)(=O)Nc2cc3c(cc2Sc2ccc(Cl)cc2)n(C)c(=O)n3C)cc1. The highest BCUT2D eigenvalue weighted by atomic mass is 35.5. The maximum atomic E-state index is 13.1. The molecule has 0 fully saturated rings. The van der Waals surface area contributed by atoms with Crippen molar-refractivity contribution in [2.45, 2.75) is 28.0 Å². The Hall–Kier alpha value is -2.68. The molecule has 3 aromatic carbocycles. The molecule has 0 aliphatic carbocycles. The van der Waals surface area contributed by atoms with Crippen molar-refractivity contribution in [2.75, 3.05) is 4.72 Å². The molecule has 9 heteroatoms. The molecule has 1 N–H and O–H groups in total. The first-order valence-electron chi connectivity index (χ1n) is 9.94. The van der Waals surface area contributed by atoms with E-state index in [1.165, 1.54) is 16.3 Å². The van der Waals surface area contributed by atoms with Gasteiger partial charge in [0, 0.05) is 28.9 Å². The summed E-state index contributed by atoms with van der Waals surface area (Å²) in [6.45, 7) is 2.02. The van der Waals surface area contributed by atoms with E-state index in [1.807, 2.05) is 37.3 Å². The number of rotatable bonds is 6. The van der Waals surface area contributed by atoms with Gasteiger partial charge in [0.15, 0.2) is 0 Å². The molecule has 0 saturated heterocycles. The van der Waals surface area contributed by atoms with Gasteiger partial charge in [0.05, 0.1) is 21.6 Å². The first-order chi connectivity index (χ1) is 15.2. The lowest BCUT2D eigenvalue weighted by atomic mass is 10.2. The minimum Gasteiger partial charge on any atom is -0.295 e. The minimum absolute atomic E-state index is 0.180. The van der Waals surface area contributed by atoms with Gasteiger partial charge in [0.25, 0.3) is 10.0 Å². The summed E-state index contributed by atoms with van der Waals surface area (Å²) < 4.78 is 32.0. The summed E-state index contributed by atoms with van der Waals surface area (Å²) in [5.41, 5.74) is 2.63. The number of imidazole rings is 1. The lowest BCUT2D eigenvalue weighted by molar-refractivity contribution is 0.601. The number of hydrogen-bond acceptors (Lipinski definition) is 4. The zero-order chi connectivity index (χ0) is 23.0. The molecule has 0 saturated carbocycles. The fourth-order valence-corrected chi connectivity index (χ4v) is 5.61. The van der Waals surface area contributed by atoms with Crippen LogP contribution in [0.4, 0.5) is 5.69 Å². The molecule has 0 radical (unpaired) electrons. The number of sulfonamides is 1. The summed E-state index contributed by atoms with van der Waals surface area (Å²) in [4.78, 5) is 14.2. The standard InChI is InChI=1S/C23H22ClN3O3S2/c1-4-15-5-11-18(12-6-15)32(29,30)25-19-13-20-21(27(3)23(28)26(20)2)14-22(19)31-17-9-7-16(24)8-10-17/h5-14,25H,4H2,1-3H3. The van der Waals surface area contributed by atoms with E-state index < -0.39 is 10.0 Å². The summed E-state index contributed by atoms with van der Waals surface area (Å²) in [7, 11) is -0.463. The molecule has 0 spiro atoms. The smallest absolute Gasteiger partial charge is 0.295 e.